The Balaban J connectivity index is 1.36. The van der Waals surface area contributed by atoms with E-state index in [1.54, 1.807) is 6.07 Å². The van der Waals surface area contributed by atoms with Crippen LogP contribution in [0.2, 0.25) is 0 Å². The quantitative estimate of drug-likeness (QED) is 0.439. The molecule has 5 aliphatic rings. The van der Waals surface area contributed by atoms with Gasteiger partial charge in [-0.25, -0.2) is 0 Å². The molecule has 0 amide bonds. The van der Waals surface area contributed by atoms with Crippen molar-refractivity contribution in [1.29, 1.82) is 0 Å². The topological polar surface area (TPSA) is 107 Å². The lowest BCUT2D eigenvalue weighted by Crippen LogP contribution is -2.79. The number of phenols is 1. The molecule has 2 N–H and O–H groups in total. The van der Waals surface area contributed by atoms with Crippen molar-refractivity contribution in [3.8, 4) is 11.5 Å². The fraction of sp³-hybridized carbons (Fsp3) is 0.758. The van der Waals surface area contributed by atoms with Crippen LogP contribution >= 0.6 is 0 Å². The summed E-state index contributed by atoms with van der Waals surface area (Å²) in [7, 11) is 1.83. The second-order valence-corrected chi connectivity index (χ2v) is 15.1. The van der Waals surface area contributed by atoms with Gasteiger partial charge in [-0.3, -0.25) is 19.8 Å². The van der Waals surface area contributed by atoms with Gasteiger partial charge in [-0.1, -0.05) is 6.07 Å². The smallest absolute Gasteiger partial charge is 0.324 e. The second kappa shape index (κ2) is 10.1. The molecule has 9 nitrogen and oxygen atoms in total. The van der Waals surface area contributed by atoms with Crippen molar-refractivity contribution >= 4 is 11.9 Å². The van der Waals surface area contributed by atoms with Gasteiger partial charge in [-0.05, 0) is 104 Å². The van der Waals surface area contributed by atoms with E-state index in [0.29, 0.717) is 12.2 Å². The van der Waals surface area contributed by atoms with Crippen LogP contribution in [0.25, 0.3) is 0 Å². The molecule has 3 aliphatic carbocycles. The van der Waals surface area contributed by atoms with E-state index in [1.165, 1.54) is 18.4 Å². The molecule has 1 aromatic carbocycles. The summed E-state index contributed by atoms with van der Waals surface area (Å²) in [6.45, 7) is 12.9. The van der Waals surface area contributed by atoms with E-state index in [0.717, 1.165) is 43.8 Å². The minimum Gasteiger partial charge on any atom is -0.504 e. The summed E-state index contributed by atoms with van der Waals surface area (Å²) in [5.74, 6) is 0.489. The summed E-state index contributed by atoms with van der Waals surface area (Å²) in [5.41, 5.74) is -0.0817. The van der Waals surface area contributed by atoms with Crippen LogP contribution in [0, 0.1) is 5.92 Å². The number of esters is 2. The molecule has 2 heterocycles. The molecule has 3 unspecified atom stereocenters. The van der Waals surface area contributed by atoms with E-state index < -0.39 is 40.2 Å². The van der Waals surface area contributed by atoms with Crippen LogP contribution in [-0.4, -0.2) is 83.2 Å². The number of benzene rings is 1. The van der Waals surface area contributed by atoms with E-state index in [9.17, 15) is 14.7 Å². The summed E-state index contributed by atoms with van der Waals surface area (Å²) >= 11 is 0. The molecule has 2 bridgehead atoms. The number of aromatic hydroxyl groups is 1. The van der Waals surface area contributed by atoms with Gasteiger partial charge < -0.3 is 24.1 Å². The number of piperidine rings is 1. The summed E-state index contributed by atoms with van der Waals surface area (Å²) in [6.07, 6.45) is 5.20. The lowest BCUT2D eigenvalue weighted by Gasteiger charge is -2.65. The lowest BCUT2D eigenvalue weighted by atomic mass is 9.48. The second-order valence-electron chi connectivity index (χ2n) is 15.1. The molecule has 2 saturated carbocycles. The Morgan fingerprint density at radius 1 is 1.10 bits per heavy atom. The Labute approximate surface area is 249 Å². The van der Waals surface area contributed by atoms with Crippen LogP contribution < -0.4 is 10.1 Å². The zero-order valence-electron chi connectivity index (χ0n) is 26.2. The highest BCUT2D eigenvalue weighted by Gasteiger charge is 2.74. The molecule has 1 spiro atoms. The van der Waals surface area contributed by atoms with Crippen molar-refractivity contribution in [3.63, 3.8) is 0 Å². The first kappa shape index (κ1) is 29.7. The van der Waals surface area contributed by atoms with Gasteiger partial charge in [0.05, 0.1) is 17.4 Å². The highest BCUT2D eigenvalue weighted by atomic mass is 16.6. The van der Waals surface area contributed by atoms with Crippen LogP contribution in [0.1, 0.15) is 91.2 Å². The number of ether oxygens (including phenoxy) is 4. The molecular weight excluding hydrogens is 536 g/mol. The standard InChI is InChI=1S/C33H48N2O7/c1-30(2,3)41-25(37)17-22(29(38)42-31(4,5)6)34-21-12-13-33(39-7)24-16-20-10-11-23(36)27-26(20)32(33,28(21)40-27)14-15-35(24)18-19-8-9-19/h10-11,19,21-22,24,28,34,36H,8-9,12-18H2,1-7H3/t21?,22?,24?,28-,32-,33+/m0/s1. The van der Waals surface area contributed by atoms with Crippen molar-refractivity contribution in [2.24, 2.45) is 5.92 Å². The summed E-state index contributed by atoms with van der Waals surface area (Å²) in [4.78, 5) is 29.1. The van der Waals surface area contributed by atoms with Crippen LogP contribution in [0.4, 0.5) is 0 Å². The number of nitrogens with zero attached hydrogens (tertiary/aromatic N) is 1. The Morgan fingerprint density at radius 3 is 2.45 bits per heavy atom. The van der Waals surface area contributed by atoms with Gasteiger partial charge in [0, 0.05) is 31.3 Å². The molecule has 3 fully saturated rings. The third-order valence-corrected chi connectivity index (χ3v) is 9.98. The summed E-state index contributed by atoms with van der Waals surface area (Å²) < 4.78 is 24.8. The number of hydrogen-bond donors (Lipinski definition) is 2. The molecule has 0 radical (unpaired) electrons. The van der Waals surface area contributed by atoms with Gasteiger partial charge in [-0.15, -0.1) is 0 Å². The van der Waals surface area contributed by atoms with Crippen molar-refractivity contribution in [1.82, 2.24) is 10.2 Å². The van der Waals surface area contributed by atoms with Gasteiger partial charge in [0.1, 0.15) is 23.3 Å². The van der Waals surface area contributed by atoms with E-state index >= 15 is 0 Å². The maximum absolute atomic E-state index is 13.5. The molecule has 232 valence electrons. The highest BCUT2D eigenvalue weighted by Crippen LogP contribution is 2.66. The van der Waals surface area contributed by atoms with Crippen LogP contribution in [-0.2, 0) is 35.6 Å². The lowest BCUT2D eigenvalue weighted by molar-refractivity contribution is -0.208. The number of nitrogens with one attached hydrogen (secondary N) is 1. The monoisotopic (exact) mass is 584 g/mol. The van der Waals surface area contributed by atoms with Crippen LogP contribution in [0.3, 0.4) is 0 Å². The first-order valence-electron chi connectivity index (χ1n) is 15.7. The molecule has 1 saturated heterocycles. The van der Waals surface area contributed by atoms with E-state index in [-0.39, 0.29) is 30.4 Å². The fourth-order valence-electron chi connectivity index (χ4n) is 8.43. The van der Waals surface area contributed by atoms with Crippen LogP contribution in [0.15, 0.2) is 12.1 Å². The molecule has 6 atom stereocenters. The first-order chi connectivity index (χ1) is 19.7. The Bertz CT molecular complexity index is 1250. The van der Waals surface area contributed by atoms with Crippen molar-refractivity contribution in [3.05, 3.63) is 23.3 Å². The highest BCUT2D eigenvalue weighted by molar-refractivity contribution is 5.83. The minimum absolute atomic E-state index is 0.137. The van der Waals surface area contributed by atoms with Crippen LogP contribution in [0.5, 0.6) is 11.5 Å². The predicted molar refractivity (Wildman–Crippen MR) is 157 cm³/mol. The average Bonchev–Trinajstić information content (AvgIpc) is 3.62. The van der Waals surface area contributed by atoms with Gasteiger partial charge in [0.15, 0.2) is 11.5 Å². The van der Waals surface area contributed by atoms with Crippen molar-refractivity contribution < 1.29 is 33.6 Å². The molecule has 0 aromatic heterocycles. The molecule has 9 heteroatoms. The fourth-order valence-corrected chi connectivity index (χ4v) is 8.43. The summed E-state index contributed by atoms with van der Waals surface area (Å²) in [5, 5.41) is 14.5. The predicted octanol–water partition coefficient (Wildman–Crippen LogP) is 4.01. The number of hydrogen-bond acceptors (Lipinski definition) is 9. The van der Waals surface area contributed by atoms with E-state index in [4.69, 9.17) is 18.9 Å². The zero-order chi connectivity index (χ0) is 30.2. The van der Waals surface area contributed by atoms with Crippen molar-refractivity contribution in [2.75, 3.05) is 20.2 Å². The van der Waals surface area contributed by atoms with Crippen molar-refractivity contribution in [2.45, 2.75) is 133 Å². The van der Waals surface area contributed by atoms with E-state index in [1.807, 2.05) is 48.7 Å². The third-order valence-electron chi connectivity index (χ3n) is 9.98. The Morgan fingerprint density at radius 2 is 1.81 bits per heavy atom. The maximum atomic E-state index is 13.5. The number of carbonyl (C=O) groups is 2. The van der Waals surface area contributed by atoms with Gasteiger partial charge in [0.2, 0.25) is 0 Å². The number of rotatable bonds is 8. The Hall–Kier alpha value is -2.36. The zero-order valence-corrected chi connectivity index (χ0v) is 26.2. The van der Waals surface area contributed by atoms with Gasteiger partial charge >= 0.3 is 11.9 Å². The minimum atomic E-state index is -0.912. The van der Waals surface area contributed by atoms with E-state index in [2.05, 4.69) is 16.3 Å². The maximum Gasteiger partial charge on any atom is 0.324 e. The van der Waals surface area contributed by atoms with Gasteiger partial charge in [-0.2, -0.15) is 0 Å². The number of methoxy groups -OCH3 is 1. The largest absolute Gasteiger partial charge is 0.504 e. The molecular formula is C33H48N2O7. The molecule has 6 rings (SSSR count). The first-order valence-corrected chi connectivity index (χ1v) is 15.7. The van der Waals surface area contributed by atoms with Gasteiger partial charge in [0.25, 0.3) is 0 Å². The number of phenolic OH excluding ortho intramolecular Hbond substituents is 1. The molecule has 2 aliphatic heterocycles. The normalized spacial score (nSPS) is 32.5. The molecule has 42 heavy (non-hydrogen) atoms. The number of likely N-dealkylation sites (tertiary alicyclic amines) is 1. The molecule has 1 aromatic rings. The number of carbonyl (C=O) groups excluding carboxylic acids is 2. The Kier molecular flexibility index (Phi) is 7.14. The average molecular weight is 585 g/mol. The SMILES string of the molecule is CO[C@@]12CCC(NC(CC(=O)OC(C)(C)C)C(=O)OC(C)(C)C)[C@@H]3Oc4c(O)ccc5c4[C@@]31CCN(CC1CC1)C2C5. The third kappa shape index (κ3) is 4.89. The summed E-state index contributed by atoms with van der Waals surface area (Å²) in [6, 6.07) is 2.82.